The number of para-hydroxylation sites is 1. The van der Waals surface area contributed by atoms with Crippen LogP contribution in [0.4, 0.5) is 13.2 Å². The first-order valence-corrected chi connectivity index (χ1v) is 9.50. The molecule has 7 nitrogen and oxygen atoms in total. The summed E-state index contributed by atoms with van der Waals surface area (Å²) in [5.74, 6) is -0.727. The lowest BCUT2D eigenvalue weighted by atomic mass is 10.1. The number of benzene rings is 2. The fraction of sp³-hybridized carbons (Fsp3) is 0.238. The Labute approximate surface area is 173 Å². The lowest BCUT2D eigenvalue weighted by molar-refractivity contribution is -0.137. The van der Waals surface area contributed by atoms with Crippen LogP contribution in [-0.4, -0.2) is 26.3 Å². The monoisotopic (exact) mass is 430 g/mol. The average Bonchev–Trinajstić information content (AvgIpc) is 3.55. The first kappa shape index (κ1) is 20.6. The van der Waals surface area contributed by atoms with Crippen LogP contribution in [0.3, 0.4) is 0 Å². The highest BCUT2D eigenvalue weighted by molar-refractivity contribution is 5.92. The molecular formula is C21H17F3N4O3. The molecule has 1 fully saturated rings. The smallest absolute Gasteiger partial charge is 0.348 e. The maximum Gasteiger partial charge on any atom is 0.416 e. The summed E-state index contributed by atoms with van der Waals surface area (Å²) in [7, 11) is 0. The first-order valence-electron chi connectivity index (χ1n) is 9.50. The van der Waals surface area contributed by atoms with Gasteiger partial charge in [-0.25, -0.2) is 4.79 Å². The number of nitrogens with zero attached hydrogens (tertiary/aromatic N) is 3. The van der Waals surface area contributed by atoms with E-state index in [1.54, 1.807) is 30.3 Å². The molecule has 0 spiro atoms. The Hall–Kier alpha value is -3.69. The maximum absolute atomic E-state index is 13.1. The van der Waals surface area contributed by atoms with Crippen LogP contribution in [0.25, 0.3) is 5.69 Å². The Balaban J connectivity index is 1.83. The molecule has 0 unspecified atom stereocenters. The molecule has 160 valence electrons. The minimum atomic E-state index is -4.57. The van der Waals surface area contributed by atoms with Gasteiger partial charge in [-0.1, -0.05) is 30.3 Å². The van der Waals surface area contributed by atoms with Crippen LogP contribution in [0.5, 0.6) is 0 Å². The summed E-state index contributed by atoms with van der Waals surface area (Å²) < 4.78 is 40.8. The topological polar surface area (TPSA) is 86.0 Å². The zero-order valence-corrected chi connectivity index (χ0v) is 16.1. The van der Waals surface area contributed by atoms with Crippen molar-refractivity contribution in [2.75, 3.05) is 0 Å². The summed E-state index contributed by atoms with van der Waals surface area (Å²) in [6, 6.07) is 12.4. The standard InChI is InChI=1S/C21H17F3N4O3/c22-21(23,24)14-6-4-5-13(11-14)12-27-19(30)17(18(29)25-15-9-10-15)26-28(20(27)31)16-7-2-1-3-8-16/h1-8,11,15H,9-10,12H2,(H,25,29). The van der Waals surface area contributed by atoms with Crippen LogP contribution in [-0.2, 0) is 12.7 Å². The van der Waals surface area contributed by atoms with E-state index in [-0.39, 0.29) is 11.6 Å². The van der Waals surface area contributed by atoms with Gasteiger partial charge in [0, 0.05) is 6.04 Å². The minimum absolute atomic E-state index is 0.0530. The Bertz CT molecular complexity index is 1250. The van der Waals surface area contributed by atoms with Crippen molar-refractivity contribution in [3.63, 3.8) is 0 Å². The van der Waals surface area contributed by atoms with E-state index in [1.165, 1.54) is 12.1 Å². The third-order valence-corrected chi connectivity index (χ3v) is 4.78. The predicted octanol–water partition coefficient (Wildman–Crippen LogP) is 2.35. The van der Waals surface area contributed by atoms with Crippen LogP contribution in [0.1, 0.15) is 34.5 Å². The van der Waals surface area contributed by atoms with E-state index in [0.717, 1.165) is 34.2 Å². The van der Waals surface area contributed by atoms with E-state index in [4.69, 9.17) is 0 Å². The molecule has 0 aliphatic heterocycles. The number of amides is 1. The van der Waals surface area contributed by atoms with Crippen molar-refractivity contribution >= 4 is 5.91 Å². The molecule has 1 aromatic heterocycles. The second-order valence-electron chi connectivity index (χ2n) is 7.22. The van der Waals surface area contributed by atoms with Crippen molar-refractivity contribution in [3.05, 3.63) is 92.3 Å². The van der Waals surface area contributed by atoms with Crippen LogP contribution in [0.2, 0.25) is 0 Å². The van der Waals surface area contributed by atoms with E-state index in [9.17, 15) is 27.6 Å². The highest BCUT2D eigenvalue weighted by Crippen LogP contribution is 2.29. The molecule has 31 heavy (non-hydrogen) atoms. The summed E-state index contributed by atoms with van der Waals surface area (Å²) in [4.78, 5) is 38.5. The van der Waals surface area contributed by atoms with Gasteiger partial charge < -0.3 is 5.32 Å². The number of halogens is 3. The lowest BCUT2D eigenvalue weighted by Gasteiger charge is -2.13. The molecule has 2 aromatic carbocycles. The third kappa shape index (κ3) is 4.42. The molecule has 1 saturated carbocycles. The Morgan fingerprint density at radius 2 is 1.77 bits per heavy atom. The molecule has 1 aliphatic rings. The van der Waals surface area contributed by atoms with Crippen LogP contribution >= 0.6 is 0 Å². The van der Waals surface area contributed by atoms with E-state index in [2.05, 4.69) is 10.4 Å². The van der Waals surface area contributed by atoms with Gasteiger partial charge in [0.1, 0.15) is 0 Å². The molecule has 0 bridgehead atoms. The van der Waals surface area contributed by atoms with Crippen molar-refractivity contribution in [2.24, 2.45) is 0 Å². The van der Waals surface area contributed by atoms with Gasteiger partial charge in [0.15, 0.2) is 0 Å². The second kappa shape index (κ2) is 7.86. The lowest BCUT2D eigenvalue weighted by Crippen LogP contribution is -2.46. The molecule has 0 radical (unpaired) electrons. The fourth-order valence-corrected chi connectivity index (χ4v) is 3.04. The van der Waals surface area contributed by atoms with Crippen molar-refractivity contribution in [2.45, 2.75) is 31.6 Å². The van der Waals surface area contributed by atoms with Gasteiger partial charge in [-0.15, -0.1) is 0 Å². The number of rotatable bonds is 5. The summed E-state index contributed by atoms with van der Waals surface area (Å²) in [6.07, 6.45) is -3.01. The molecule has 1 heterocycles. The van der Waals surface area contributed by atoms with Gasteiger partial charge in [-0.2, -0.15) is 23.0 Å². The maximum atomic E-state index is 13.1. The minimum Gasteiger partial charge on any atom is -0.348 e. The Morgan fingerprint density at radius 3 is 2.42 bits per heavy atom. The number of aromatic nitrogens is 3. The first-order chi connectivity index (χ1) is 14.7. The van der Waals surface area contributed by atoms with Gasteiger partial charge in [0.25, 0.3) is 11.5 Å². The zero-order valence-electron chi connectivity index (χ0n) is 16.1. The van der Waals surface area contributed by atoms with Gasteiger partial charge in [-0.05, 0) is 42.7 Å². The quantitative estimate of drug-likeness (QED) is 0.674. The van der Waals surface area contributed by atoms with E-state index >= 15 is 0 Å². The predicted molar refractivity (Wildman–Crippen MR) is 105 cm³/mol. The molecule has 4 rings (SSSR count). The summed E-state index contributed by atoms with van der Waals surface area (Å²) in [5, 5.41) is 6.61. The van der Waals surface area contributed by atoms with E-state index < -0.39 is 41.1 Å². The molecule has 0 atom stereocenters. The van der Waals surface area contributed by atoms with Crippen LogP contribution in [0, 0.1) is 0 Å². The number of alkyl halides is 3. The second-order valence-corrected chi connectivity index (χ2v) is 7.22. The molecular weight excluding hydrogens is 413 g/mol. The molecule has 1 amide bonds. The molecule has 1 N–H and O–H groups in total. The van der Waals surface area contributed by atoms with Crippen molar-refractivity contribution in [1.29, 1.82) is 0 Å². The van der Waals surface area contributed by atoms with Gasteiger partial charge in [0.05, 0.1) is 17.8 Å². The molecule has 0 saturated heterocycles. The zero-order chi connectivity index (χ0) is 22.2. The summed E-state index contributed by atoms with van der Waals surface area (Å²) in [6.45, 7) is -0.444. The highest BCUT2D eigenvalue weighted by atomic mass is 19.4. The number of hydrogen-bond acceptors (Lipinski definition) is 4. The summed E-state index contributed by atoms with van der Waals surface area (Å²) >= 11 is 0. The Morgan fingerprint density at radius 1 is 1.06 bits per heavy atom. The highest BCUT2D eigenvalue weighted by Gasteiger charge is 2.31. The number of carbonyl (C=O) groups excluding carboxylic acids is 1. The summed E-state index contributed by atoms with van der Waals surface area (Å²) in [5.41, 5.74) is -2.83. The number of carbonyl (C=O) groups is 1. The number of nitrogens with one attached hydrogen (secondary N) is 1. The Kier molecular flexibility index (Phi) is 5.22. The molecule has 10 heteroatoms. The molecule has 3 aromatic rings. The van der Waals surface area contributed by atoms with Gasteiger partial charge in [-0.3, -0.25) is 14.2 Å². The normalized spacial score (nSPS) is 13.8. The fourth-order valence-electron chi connectivity index (χ4n) is 3.04. The average molecular weight is 430 g/mol. The third-order valence-electron chi connectivity index (χ3n) is 4.78. The molecule has 1 aliphatic carbocycles. The van der Waals surface area contributed by atoms with Crippen molar-refractivity contribution < 1.29 is 18.0 Å². The van der Waals surface area contributed by atoms with Crippen LogP contribution < -0.4 is 16.6 Å². The van der Waals surface area contributed by atoms with E-state index in [0.29, 0.717) is 5.69 Å². The van der Waals surface area contributed by atoms with Gasteiger partial charge >= 0.3 is 11.9 Å². The van der Waals surface area contributed by atoms with Gasteiger partial charge in [0.2, 0.25) is 5.69 Å². The van der Waals surface area contributed by atoms with Crippen molar-refractivity contribution in [3.8, 4) is 5.69 Å². The largest absolute Gasteiger partial charge is 0.416 e. The number of hydrogen-bond donors (Lipinski definition) is 1. The SMILES string of the molecule is O=C(NC1CC1)c1nn(-c2ccccc2)c(=O)n(Cc2cccc(C(F)(F)F)c2)c1=O. The van der Waals surface area contributed by atoms with E-state index in [1.807, 2.05) is 0 Å². The van der Waals surface area contributed by atoms with Crippen LogP contribution in [0.15, 0.2) is 64.2 Å². The van der Waals surface area contributed by atoms with Crippen molar-refractivity contribution in [1.82, 2.24) is 19.7 Å².